The van der Waals surface area contributed by atoms with Gasteiger partial charge >= 0.3 is 0 Å². The van der Waals surface area contributed by atoms with E-state index in [4.69, 9.17) is 0 Å². The lowest BCUT2D eigenvalue weighted by atomic mass is 9.67. The van der Waals surface area contributed by atoms with E-state index in [1.165, 1.54) is 31.3 Å². The first kappa shape index (κ1) is 13.7. The Morgan fingerprint density at radius 2 is 1.50 bits per heavy atom. The van der Waals surface area contributed by atoms with Gasteiger partial charge in [-0.15, -0.1) is 0 Å². The molecule has 20 heavy (non-hydrogen) atoms. The topological polar surface area (TPSA) is 0 Å². The summed E-state index contributed by atoms with van der Waals surface area (Å²) in [5, 5.41) is 0. The smallest absolute Gasteiger partial charge is 0.00528 e. The second kappa shape index (κ2) is 5.24. The maximum absolute atomic E-state index is 2.49. The lowest BCUT2D eigenvalue weighted by Gasteiger charge is -2.37. The third-order valence-corrected chi connectivity index (χ3v) is 5.16. The van der Waals surface area contributed by atoms with E-state index in [0.29, 0.717) is 11.8 Å². The van der Waals surface area contributed by atoms with E-state index < -0.39 is 0 Å². The van der Waals surface area contributed by atoms with Crippen molar-refractivity contribution in [3.8, 4) is 0 Å². The number of fused-ring (bicyclic) bond motifs is 1. The summed E-state index contributed by atoms with van der Waals surface area (Å²) in [6.45, 7) is 9.21. The highest BCUT2D eigenvalue weighted by atomic mass is 14.4. The van der Waals surface area contributed by atoms with Crippen molar-refractivity contribution in [2.24, 2.45) is 11.8 Å². The van der Waals surface area contributed by atoms with Crippen molar-refractivity contribution in [2.45, 2.75) is 53.4 Å². The molecular formula is C20H26. The average Bonchev–Trinajstić information content (AvgIpc) is 2.41. The minimum Gasteiger partial charge on any atom is -0.0727 e. The van der Waals surface area contributed by atoms with Gasteiger partial charge in [-0.1, -0.05) is 46.6 Å². The van der Waals surface area contributed by atoms with Crippen LogP contribution in [0.3, 0.4) is 0 Å². The van der Waals surface area contributed by atoms with Gasteiger partial charge in [0.15, 0.2) is 0 Å². The predicted molar refractivity (Wildman–Crippen MR) is 87.5 cm³/mol. The van der Waals surface area contributed by atoms with Crippen molar-refractivity contribution in [3.05, 3.63) is 57.7 Å². The highest BCUT2D eigenvalue weighted by Crippen LogP contribution is 2.45. The Kier molecular flexibility index (Phi) is 3.58. The summed E-state index contributed by atoms with van der Waals surface area (Å²) in [4.78, 5) is 0. The SMILES string of the molecule is CC1=CC(C2CC(C)=CC3=CC=C(C)CC32)=C(C)CC1. The van der Waals surface area contributed by atoms with Crippen LogP contribution >= 0.6 is 0 Å². The van der Waals surface area contributed by atoms with Crippen LogP contribution < -0.4 is 0 Å². The van der Waals surface area contributed by atoms with Crippen molar-refractivity contribution >= 4 is 0 Å². The van der Waals surface area contributed by atoms with Crippen LogP contribution in [0.1, 0.15) is 53.4 Å². The molecule has 0 aliphatic heterocycles. The summed E-state index contributed by atoms with van der Waals surface area (Å²) in [5.41, 5.74) is 9.47. The van der Waals surface area contributed by atoms with Gasteiger partial charge in [0.25, 0.3) is 0 Å². The third-order valence-electron chi connectivity index (χ3n) is 5.16. The Balaban J connectivity index is 2.01. The molecule has 3 aliphatic rings. The van der Waals surface area contributed by atoms with E-state index >= 15 is 0 Å². The summed E-state index contributed by atoms with van der Waals surface area (Å²) in [7, 11) is 0. The normalized spacial score (nSPS) is 30.2. The van der Waals surface area contributed by atoms with Crippen LogP contribution in [0.25, 0.3) is 0 Å². The Hall–Kier alpha value is -1.30. The Morgan fingerprint density at radius 3 is 2.30 bits per heavy atom. The molecule has 2 atom stereocenters. The summed E-state index contributed by atoms with van der Waals surface area (Å²) in [5.74, 6) is 1.40. The van der Waals surface area contributed by atoms with Crippen molar-refractivity contribution in [2.75, 3.05) is 0 Å². The van der Waals surface area contributed by atoms with Crippen LogP contribution in [0, 0.1) is 11.8 Å². The van der Waals surface area contributed by atoms with Crippen LogP contribution in [-0.4, -0.2) is 0 Å². The Bertz CT molecular complexity index is 575. The van der Waals surface area contributed by atoms with Crippen molar-refractivity contribution in [1.82, 2.24) is 0 Å². The first-order valence-electron chi connectivity index (χ1n) is 7.96. The molecule has 0 aromatic carbocycles. The summed E-state index contributed by atoms with van der Waals surface area (Å²) >= 11 is 0. The number of rotatable bonds is 1. The molecule has 0 N–H and O–H groups in total. The molecule has 0 heteroatoms. The van der Waals surface area contributed by atoms with Crippen LogP contribution in [0.4, 0.5) is 0 Å². The third kappa shape index (κ3) is 2.49. The lowest BCUT2D eigenvalue weighted by molar-refractivity contribution is 0.414. The zero-order chi connectivity index (χ0) is 14.3. The van der Waals surface area contributed by atoms with Gasteiger partial charge in [-0.3, -0.25) is 0 Å². The number of hydrogen-bond acceptors (Lipinski definition) is 0. The van der Waals surface area contributed by atoms with Gasteiger partial charge in [0.05, 0.1) is 0 Å². The molecule has 0 saturated carbocycles. The van der Waals surface area contributed by atoms with E-state index in [1.807, 2.05) is 0 Å². The summed E-state index contributed by atoms with van der Waals surface area (Å²) in [6, 6.07) is 0. The second-order valence-corrected chi connectivity index (χ2v) is 7.02. The van der Waals surface area contributed by atoms with Crippen molar-refractivity contribution in [1.29, 1.82) is 0 Å². The minimum atomic E-state index is 0.699. The zero-order valence-electron chi connectivity index (χ0n) is 13.3. The molecular weight excluding hydrogens is 240 g/mol. The largest absolute Gasteiger partial charge is 0.0727 e. The molecule has 3 rings (SSSR count). The van der Waals surface area contributed by atoms with Crippen LogP contribution in [0.2, 0.25) is 0 Å². The van der Waals surface area contributed by atoms with Gasteiger partial charge in [-0.25, -0.2) is 0 Å². The van der Waals surface area contributed by atoms with Crippen molar-refractivity contribution in [3.63, 3.8) is 0 Å². The van der Waals surface area contributed by atoms with Crippen molar-refractivity contribution < 1.29 is 0 Å². The molecule has 0 heterocycles. The second-order valence-electron chi connectivity index (χ2n) is 7.02. The van der Waals surface area contributed by atoms with E-state index in [9.17, 15) is 0 Å². The van der Waals surface area contributed by atoms with Gasteiger partial charge in [0.1, 0.15) is 0 Å². The van der Waals surface area contributed by atoms with Crippen LogP contribution in [0.15, 0.2) is 57.7 Å². The molecule has 0 bridgehead atoms. The molecule has 0 amide bonds. The van der Waals surface area contributed by atoms with Crippen LogP contribution in [-0.2, 0) is 0 Å². The molecule has 0 fully saturated rings. The standard InChI is InChI=1S/C20H26/c1-13-5-7-16(4)18(10-13)20-12-15(3)9-17-8-6-14(2)11-19(17)20/h6,8-10,19-20H,5,7,11-12H2,1-4H3. The van der Waals surface area contributed by atoms with Gasteiger partial charge in [0, 0.05) is 0 Å². The average molecular weight is 266 g/mol. The molecule has 0 spiro atoms. The van der Waals surface area contributed by atoms with Gasteiger partial charge in [-0.05, 0) is 76.4 Å². The fraction of sp³-hybridized carbons (Fsp3) is 0.500. The molecule has 0 nitrogen and oxygen atoms in total. The van der Waals surface area contributed by atoms with Crippen LogP contribution in [0.5, 0.6) is 0 Å². The monoisotopic (exact) mass is 266 g/mol. The molecule has 0 aromatic rings. The van der Waals surface area contributed by atoms with Gasteiger partial charge < -0.3 is 0 Å². The number of hydrogen-bond donors (Lipinski definition) is 0. The number of allylic oxidation sites excluding steroid dienone is 10. The predicted octanol–water partition coefficient (Wildman–Crippen LogP) is 5.90. The van der Waals surface area contributed by atoms with Gasteiger partial charge in [-0.2, -0.15) is 0 Å². The Labute approximate surface area is 123 Å². The Morgan fingerprint density at radius 1 is 0.750 bits per heavy atom. The fourth-order valence-electron chi connectivity index (χ4n) is 4.00. The van der Waals surface area contributed by atoms with Gasteiger partial charge in [0.2, 0.25) is 0 Å². The maximum Gasteiger partial charge on any atom is -0.00528 e. The highest BCUT2D eigenvalue weighted by molar-refractivity contribution is 5.44. The minimum absolute atomic E-state index is 0.699. The van der Waals surface area contributed by atoms with E-state index in [2.05, 4.69) is 52.0 Å². The van der Waals surface area contributed by atoms with E-state index in [1.54, 1.807) is 27.9 Å². The summed E-state index contributed by atoms with van der Waals surface area (Å²) < 4.78 is 0. The van der Waals surface area contributed by atoms with E-state index in [0.717, 1.165) is 0 Å². The van der Waals surface area contributed by atoms with E-state index in [-0.39, 0.29) is 0 Å². The highest BCUT2D eigenvalue weighted by Gasteiger charge is 2.32. The lowest BCUT2D eigenvalue weighted by Crippen LogP contribution is -2.25. The quantitative estimate of drug-likeness (QED) is 0.554. The summed E-state index contributed by atoms with van der Waals surface area (Å²) in [6.07, 6.45) is 14.6. The maximum atomic E-state index is 2.49. The molecule has 2 unspecified atom stereocenters. The first-order chi connectivity index (χ1) is 9.54. The molecule has 0 radical (unpaired) electrons. The first-order valence-corrected chi connectivity index (χ1v) is 7.96. The molecule has 0 saturated heterocycles. The fourth-order valence-corrected chi connectivity index (χ4v) is 4.00. The molecule has 0 aromatic heterocycles. The zero-order valence-corrected chi connectivity index (χ0v) is 13.3. The molecule has 3 aliphatic carbocycles. The molecule has 106 valence electrons.